The minimum atomic E-state index is -4.37. The average Bonchev–Trinajstić information content (AvgIpc) is 2.47. The molecular formula is C14H14F3N3O. The zero-order valence-corrected chi connectivity index (χ0v) is 11.0. The number of aliphatic hydroxyl groups excluding tert-OH is 1. The van der Waals surface area contributed by atoms with Gasteiger partial charge in [-0.2, -0.15) is 13.2 Å². The fourth-order valence-corrected chi connectivity index (χ4v) is 1.75. The summed E-state index contributed by atoms with van der Waals surface area (Å²) in [5.41, 5.74) is -0.312. The summed E-state index contributed by atoms with van der Waals surface area (Å²) in [5, 5.41) is 12.9. The van der Waals surface area contributed by atoms with Crippen LogP contribution in [0, 0.1) is 0 Å². The van der Waals surface area contributed by atoms with E-state index in [0.29, 0.717) is 17.9 Å². The number of halogens is 3. The van der Waals surface area contributed by atoms with Crippen LogP contribution >= 0.6 is 0 Å². The molecular weight excluding hydrogens is 283 g/mol. The normalized spacial score (nSPS) is 13.1. The van der Waals surface area contributed by atoms with Crippen molar-refractivity contribution in [1.29, 1.82) is 0 Å². The predicted octanol–water partition coefficient (Wildman–Crippen LogP) is 2.32. The summed E-state index contributed by atoms with van der Waals surface area (Å²) < 4.78 is 37.3. The molecule has 2 aromatic rings. The monoisotopic (exact) mass is 297 g/mol. The van der Waals surface area contributed by atoms with Crippen molar-refractivity contribution in [3.8, 4) is 0 Å². The third-order valence-electron chi connectivity index (χ3n) is 2.86. The van der Waals surface area contributed by atoms with E-state index in [1.54, 1.807) is 18.5 Å². The van der Waals surface area contributed by atoms with Gasteiger partial charge in [0.1, 0.15) is 5.82 Å². The standard InChI is InChI=1S/C14H14F3N3O/c15-14(16,17)11-4-2-10(3-5-11)12(21)8-18-9-13-19-6-1-7-20-13/h1-7,12,18,21H,8-9H2/t12-/m1/s1. The topological polar surface area (TPSA) is 58.0 Å². The molecule has 1 aromatic heterocycles. The van der Waals surface area contributed by atoms with E-state index in [2.05, 4.69) is 15.3 Å². The molecule has 0 saturated carbocycles. The third-order valence-corrected chi connectivity index (χ3v) is 2.86. The molecule has 1 heterocycles. The molecule has 0 spiro atoms. The first-order valence-electron chi connectivity index (χ1n) is 6.28. The molecule has 0 fully saturated rings. The largest absolute Gasteiger partial charge is 0.416 e. The minimum Gasteiger partial charge on any atom is -0.387 e. The quantitative estimate of drug-likeness (QED) is 0.889. The molecule has 2 N–H and O–H groups in total. The lowest BCUT2D eigenvalue weighted by molar-refractivity contribution is -0.137. The Labute approximate surface area is 119 Å². The molecule has 0 aliphatic rings. The first-order chi connectivity index (χ1) is 9.97. The summed E-state index contributed by atoms with van der Waals surface area (Å²) in [6.07, 6.45) is -2.05. The fourth-order valence-electron chi connectivity index (χ4n) is 1.75. The average molecular weight is 297 g/mol. The van der Waals surface area contributed by atoms with Crippen LogP contribution in [0.5, 0.6) is 0 Å². The number of aromatic nitrogens is 2. The van der Waals surface area contributed by atoms with Crippen LogP contribution < -0.4 is 5.32 Å². The maximum atomic E-state index is 12.4. The number of hydrogen-bond acceptors (Lipinski definition) is 4. The molecule has 0 bridgehead atoms. The van der Waals surface area contributed by atoms with Gasteiger partial charge in [-0.3, -0.25) is 0 Å². The number of aliphatic hydroxyl groups is 1. The maximum absolute atomic E-state index is 12.4. The first-order valence-corrected chi connectivity index (χ1v) is 6.28. The van der Waals surface area contributed by atoms with Crippen molar-refractivity contribution in [1.82, 2.24) is 15.3 Å². The number of alkyl halides is 3. The van der Waals surface area contributed by atoms with Gasteiger partial charge < -0.3 is 10.4 Å². The van der Waals surface area contributed by atoms with Crippen molar-refractivity contribution >= 4 is 0 Å². The summed E-state index contributed by atoms with van der Waals surface area (Å²) in [5.74, 6) is 0.581. The Morgan fingerprint density at radius 2 is 1.71 bits per heavy atom. The van der Waals surface area contributed by atoms with E-state index in [0.717, 1.165) is 12.1 Å². The van der Waals surface area contributed by atoms with Gasteiger partial charge in [0.05, 0.1) is 18.2 Å². The smallest absolute Gasteiger partial charge is 0.387 e. The molecule has 0 aliphatic carbocycles. The molecule has 112 valence electrons. The molecule has 0 aliphatic heterocycles. The van der Waals surface area contributed by atoms with Gasteiger partial charge in [0.25, 0.3) is 0 Å². The Bertz CT molecular complexity index is 558. The van der Waals surface area contributed by atoms with Crippen LogP contribution in [0.2, 0.25) is 0 Å². The third kappa shape index (κ3) is 4.51. The summed E-state index contributed by atoms with van der Waals surface area (Å²) in [4.78, 5) is 8.01. The van der Waals surface area contributed by atoms with E-state index in [1.807, 2.05) is 0 Å². The molecule has 0 saturated heterocycles. The number of benzene rings is 1. The van der Waals surface area contributed by atoms with E-state index in [4.69, 9.17) is 0 Å². The van der Waals surface area contributed by atoms with Crippen LogP contribution in [-0.2, 0) is 12.7 Å². The molecule has 7 heteroatoms. The van der Waals surface area contributed by atoms with Crippen molar-refractivity contribution in [3.63, 3.8) is 0 Å². The lowest BCUT2D eigenvalue weighted by Gasteiger charge is -2.13. The maximum Gasteiger partial charge on any atom is 0.416 e. The van der Waals surface area contributed by atoms with E-state index in [-0.39, 0.29) is 6.54 Å². The lowest BCUT2D eigenvalue weighted by Crippen LogP contribution is -2.22. The second kappa shape index (κ2) is 6.64. The van der Waals surface area contributed by atoms with E-state index >= 15 is 0 Å². The van der Waals surface area contributed by atoms with Crippen LogP contribution in [-0.4, -0.2) is 21.6 Å². The Morgan fingerprint density at radius 1 is 1.10 bits per heavy atom. The van der Waals surface area contributed by atoms with Crippen LogP contribution in [0.25, 0.3) is 0 Å². The molecule has 4 nitrogen and oxygen atoms in total. The van der Waals surface area contributed by atoms with E-state index < -0.39 is 17.8 Å². The SMILES string of the molecule is O[C@H](CNCc1ncccn1)c1ccc(C(F)(F)F)cc1. The molecule has 1 aromatic carbocycles. The first kappa shape index (κ1) is 15.4. The van der Waals surface area contributed by atoms with Gasteiger partial charge >= 0.3 is 6.18 Å². The van der Waals surface area contributed by atoms with E-state index in [9.17, 15) is 18.3 Å². The lowest BCUT2D eigenvalue weighted by atomic mass is 10.1. The van der Waals surface area contributed by atoms with Gasteiger partial charge in [-0.25, -0.2) is 9.97 Å². The second-order valence-electron chi connectivity index (χ2n) is 4.43. The number of hydrogen-bond donors (Lipinski definition) is 2. The van der Waals surface area contributed by atoms with Crippen LogP contribution in [0.15, 0.2) is 42.7 Å². The van der Waals surface area contributed by atoms with Crippen molar-refractivity contribution in [3.05, 3.63) is 59.7 Å². The fraction of sp³-hybridized carbons (Fsp3) is 0.286. The second-order valence-corrected chi connectivity index (χ2v) is 4.43. The molecule has 21 heavy (non-hydrogen) atoms. The van der Waals surface area contributed by atoms with Crippen LogP contribution in [0.4, 0.5) is 13.2 Å². The van der Waals surface area contributed by atoms with Crippen LogP contribution in [0.3, 0.4) is 0 Å². The van der Waals surface area contributed by atoms with Crippen molar-refractivity contribution < 1.29 is 18.3 Å². The highest BCUT2D eigenvalue weighted by Crippen LogP contribution is 2.29. The number of rotatable bonds is 5. The molecule has 0 radical (unpaired) electrons. The van der Waals surface area contributed by atoms with Gasteiger partial charge in [-0.15, -0.1) is 0 Å². The summed E-state index contributed by atoms with van der Waals surface area (Å²) >= 11 is 0. The minimum absolute atomic E-state index is 0.198. The van der Waals surface area contributed by atoms with Crippen LogP contribution in [0.1, 0.15) is 23.1 Å². The highest BCUT2D eigenvalue weighted by Gasteiger charge is 2.30. The number of nitrogens with zero attached hydrogens (tertiary/aromatic N) is 2. The van der Waals surface area contributed by atoms with Crippen molar-refractivity contribution in [2.75, 3.05) is 6.54 Å². The van der Waals surface area contributed by atoms with Gasteiger partial charge in [-0.05, 0) is 23.8 Å². The number of nitrogens with one attached hydrogen (secondary N) is 1. The van der Waals surface area contributed by atoms with Gasteiger partial charge in [0, 0.05) is 18.9 Å². The molecule has 0 unspecified atom stereocenters. The van der Waals surface area contributed by atoms with E-state index in [1.165, 1.54) is 12.1 Å². The van der Waals surface area contributed by atoms with Gasteiger partial charge in [0.15, 0.2) is 0 Å². The Hall–Kier alpha value is -1.99. The summed E-state index contributed by atoms with van der Waals surface area (Å²) in [6.45, 7) is 0.572. The molecule has 1 atom stereocenters. The van der Waals surface area contributed by atoms with Crippen molar-refractivity contribution in [2.24, 2.45) is 0 Å². The predicted molar refractivity (Wildman–Crippen MR) is 70.1 cm³/mol. The highest BCUT2D eigenvalue weighted by atomic mass is 19.4. The van der Waals surface area contributed by atoms with Gasteiger partial charge in [-0.1, -0.05) is 12.1 Å². The summed E-state index contributed by atoms with van der Waals surface area (Å²) in [6, 6.07) is 6.15. The molecule has 0 amide bonds. The zero-order valence-electron chi connectivity index (χ0n) is 11.0. The molecule has 2 rings (SSSR count). The Kier molecular flexibility index (Phi) is 4.87. The zero-order chi connectivity index (χ0) is 15.3. The Balaban J connectivity index is 1.87. The van der Waals surface area contributed by atoms with Crippen molar-refractivity contribution in [2.45, 2.75) is 18.8 Å². The summed E-state index contributed by atoms with van der Waals surface area (Å²) in [7, 11) is 0. The Morgan fingerprint density at radius 3 is 2.29 bits per heavy atom. The highest BCUT2D eigenvalue weighted by molar-refractivity contribution is 5.26. The van der Waals surface area contributed by atoms with Gasteiger partial charge in [0.2, 0.25) is 0 Å².